The Hall–Kier alpha value is -1.98. The highest BCUT2D eigenvalue weighted by atomic mass is 16.6. The summed E-state index contributed by atoms with van der Waals surface area (Å²) in [6.45, 7) is 1.76. The highest BCUT2D eigenvalue weighted by molar-refractivity contribution is 5.96. The Bertz CT molecular complexity index is 640. The average molecular weight is 317 g/mol. The molecule has 1 spiro atoms. The normalized spacial score (nSPS) is 23.5. The quantitative estimate of drug-likeness (QED) is 0.907. The number of aryl methyl sites for hydroxylation is 1. The zero-order valence-electron chi connectivity index (χ0n) is 13.5. The second-order valence-electron chi connectivity index (χ2n) is 7.13. The van der Waals surface area contributed by atoms with E-state index in [0.717, 1.165) is 18.4 Å². The molecule has 3 aliphatic rings. The summed E-state index contributed by atoms with van der Waals surface area (Å²) in [6, 6.07) is 1.96. The fraction of sp³-hybridized carbons (Fsp3) is 0.647. The zero-order valence-corrected chi connectivity index (χ0v) is 13.5. The molecule has 4 rings (SSSR count). The summed E-state index contributed by atoms with van der Waals surface area (Å²) in [6.07, 6.45) is 6.81. The average Bonchev–Trinajstić information content (AvgIpc) is 3.03. The smallest absolute Gasteiger partial charge is 0.407 e. The molecule has 0 radical (unpaired) electrons. The summed E-state index contributed by atoms with van der Waals surface area (Å²) in [4.78, 5) is 26.2. The molecule has 124 valence electrons. The fourth-order valence-electron chi connectivity index (χ4n) is 3.98. The first-order chi connectivity index (χ1) is 11.1. The van der Waals surface area contributed by atoms with Crippen molar-refractivity contribution < 1.29 is 14.3 Å². The molecule has 2 amide bonds. The van der Waals surface area contributed by atoms with Crippen LogP contribution in [0.15, 0.2) is 12.3 Å². The maximum atomic E-state index is 12.9. The van der Waals surface area contributed by atoms with Crippen LogP contribution >= 0.6 is 0 Å². The summed E-state index contributed by atoms with van der Waals surface area (Å²) in [5.41, 5.74) is 1.79. The van der Waals surface area contributed by atoms with Crippen LogP contribution in [0.5, 0.6) is 0 Å². The third-order valence-electron chi connectivity index (χ3n) is 5.70. The molecule has 6 heteroatoms. The van der Waals surface area contributed by atoms with E-state index in [4.69, 9.17) is 4.74 Å². The maximum Gasteiger partial charge on any atom is 0.407 e. The van der Waals surface area contributed by atoms with Crippen molar-refractivity contribution in [2.75, 3.05) is 19.7 Å². The van der Waals surface area contributed by atoms with Crippen LogP contribution in [-0.2, 0) is 11.8 Å². The van der Waals surface area contributed by atoms with Crippen molar-refractivity contribution in [2.24, 2.45) is 7.05 Å². The first kappa shape index (κ1) is 14.6. The number of piperidine rings is 1. The number of hydrogen-bond donors (Lipinski definition) is 1. The number of likely N-dealkylation sites (tertiary alicyclic amines) is 1. The Morgan fingerprint density at radius 3 is 2.65 bits per heavy atom. The molecule has 1 aromatic rings. The van der Waals surface area contributed by atoms with Gasteiger partial charge in [-0.1, -0.05) is 6.42 Å². The number of aromatic nitrogens is 1. The van der Waals surface area contributed by atoms with Gasteiger partial charge in [0.1, 0.15) is 6.61 Å². The van der Waals surface area contributed by atoms with Gasteiger partial charge in [-0.05, 0) is 37.7 Å². The minimum Gasteiger partial charge on any atom is -0.447 e. The van der Waals surface area contributed by atoms with Crippen LogP contribution in [-0.4, -0.2) is 46.7 Å². The van der Waals surface area contributed by atoms with E-state index in [1.54, 1.807) is 0 Å². The molecule has 1 aromatic heterocycles. The van der Waals surface area contributed by atoms with Crippen LogP contribution in [0, 0.1) is 0 Å². The topological polar surface area (TPSA) is 63.6 Å². The predicted molar refractivity (Wildman–Crippen MR) is 84.4 cm³/mol. The van der Waals surface area contributed by atoms with Gasteiger partial charge in [0.05, 0.1) is 11.1 Å². The Morgan fingerprint density at radius 1 is 1.35 bits per heavy atom. The molecule has 0 atom stereocenters. The van der Waals surface area contributed by atoms with Crippen LogP contribution in [0.2, 0.25) is 0 Å². The van der Waals surface area contributed by atoms with E-state index < -0.39 is 0 Å². The Balaban J connectivity index is 1.47. The lowest BCUT2D eigenvalue weighted by atomic mass is 9.81. The number of carbonyl (C=O) groups is 2. The molecule has 23 heavy (non-hydrogen) atoms. The molecule has 6 nitrogen and oxygen atoms in total. The molecule has 1 N–H and O–H groups in total. The maximum absolute atomic E-state index is 12.9. The number of alkyl carbamates (subject to hydrolysis) is 1. The van der Waals surface area contributed by atoms with E-state index in [0.29, 0.717) is 25.6 Å². The van der Waals surface area contributed by atoms with Crippen molar-refractivity contribution in [2.45, 2.75) is 43.6 Å². The van der Waals surface area contributed by atoms with Crippen LogP contribution in [0.25, 0.3) is 0 Å². The SMILES string of the molecule is Cn1ccc(C(=O)N2CCC3(CC2)COC(=O)N3)c1C1CCC1. The molecule has 1 aliphatic carbocycles. The summed E-state index contributed by atoms with van der Waals surface area (Å²) in [7, 11) is 2.03. The Kier molecular flexibility index (Phi) is 3.36. The van der Waals surface area contributed by atoms with Gasteiger partial charge in [0, 0.05) is 32.0 Å². The van der Waals surface area contributed by atoms with Crippen molar-refractivity contribution in [3.05, 3.63) is 23.5 Å². The number of rotatable bonds is 2. The molecule has 2 saturated heterocycles. The molecule has 0 unspecified atom stereocenters. The second-order valence-corrected chi connectivity index (χ2v) is 7.13. The first-order valence-corrected chi connectivity index (χ1v) is 8.47. The van der Waals surface area contributed by atoms with Gasteiger partial charge in [-0.3, -0.25) is 4.79 Å². The zero-order chi connectivity index (χ0) is 16.0. The van der Waals surface area contributed by atoms with Crippen molar-refractivity contribution in [1.82, 2.24) is 14.8 Å². The van der Waals surface area contributed by atoms with Gasteiger partial charge in [0.15, 0.2) is 0 Å². The summed E-state index contributed by atoms with van der Waals surface area (Å²) in [5, 5.41) is 2.92. The molecule has 1 saturated carbocycles. The Labute approximate surface area is 135 Å². The number of hydrogen-bond acceptors (Lipinski definition) is 3. The fourth-order valence-corrected chi connectivity index (χ4v) is 3.98. The van der Waals surface area contributed by atoms with Gasteiger partial charge >= 0.3 is 6.09 Å². The standard InChI is InChI=1S/C17H23N3O3/c1-19-8-5-13(14(19)12-3-2-4-12)15(21)20-9-6-17(7-10-20)11-23-16(22)18-17/h5,8,12H,2-4,6-7,9-11H2,1H3,(H,18,22). The monoisotopic (exact) mass is 317 g/mol. The number of nitrogens with one attached hydrogen (secondary N) is 1. The predicted octanol–water partition coefficient (Wildman–Crippen LogP) is 2.01. The molecule has 3 heterocycles. The molecular weight excluding hydrogens is 294 g/mol. The molecule has 2 aliphatic heterocycles. The molecule has 3 fully saturated rings. The van der Waals surface area contributed by atoms with E-state index in [9.17, 15) is 9.59 Å². The Morgan fingerprint density at radius 2 is 2.09 bits per heavy atom. The number of ether oxygens (including phenoxy) is 1. The minimum absolute atomic E-state index is 0.132. The van der Waals surface area contributed by atoms with Crippen molar-refractivity contribution >= 4 is 12.0 Å². The third-order valence-corrected chi connectivity index (χ3v) is 5.70. The van der Waals surface area contributed by atoms with Crippen LogP contribution < -0.4 is 5.32 Å². The molecular formula is C17H23N3O3. The largest absolute Gasteiger partial charge is 0.447 e. The second kappa shape index (κ2) is 5.28. The van der Waals surface area contributed by atoms with Gasteiger partial charge in [-0.25, -0.2) is 4.79 Å². The van der Waals surface area contributed by atoms with E-state index in [1.807, 2.05) is 24.2 Å². The highest BCUT2D eigenvalue weighted by Gasteiger charge is 2.43. The highest BCUT2D eigenvalue weighted by Crippen LogP contribution is 2.39. The number of nitrogens with zero attached hydrogens (tertiary/aromatic N) is 2. The van der Waals surface area contributed by atoms with Crippen LogP contribution in [0.1, 0.15) is 54.1 Å². The summed E-state index contributed by atoms with van der Waals surface area (Å²) < 4.78 is 7.15. The van der Waals surface area contributed by atoms with Crippen LogP contribution in [0.4, 0.5) is 4.79 Å². The van der Waals surface area contributed by atoms with Crippen molar-refractivity contribution in [3.63, 3.8) is 0 Å². The van der Waals surface area contributed by atoms with Crippen molar-refractivity contribution in [1.29, 1.82) is 0 Å². The summed E-state index contributed by atoms with van der Waals surface area (Å²) in [5.74, 6) is 0.667. The van der Waals surface area contributed by atoms with Gasteiger partial charge in [-0.2, -0.15) is 0 Å². The van der Waals surface area contributed by atoms with Crippen LogP contribution in [0.3, 0.4) is 0 Å². The number of amides is 2. The minimum atomic E-state index is -0.333. The van der Waals surface area contributed by atoms with Gasteiger partial charge < -0.3 is 19.5 Å². The first-order valence-electron chi connectivity index (χ1n) is 8.47. The van der Waals surface area contributed by atoms with Gasteiger partial charge in [0.2, 0.25) is 0 Å². The van der Waals surface area contributed by atoms with E-state index in [-0.39, 0.29) is 17.5 Å². The third kappa shape index (κ3) is 2.40. The number of carbonyl (C=O) groups excluding carboxylic acids is 2. The van der Waals surface area contributed by atoms with Gasteiger partial charge in [0.25, 0.3) is 5.91 Å². The van der Waals surface area contributed by atoms with E-state index in [2.05, 4.69) is 9.88 Å². The lowest BCUT2D eigenvalue weighted by molar-refractivity contribution is 0.0640. The summed E-state index contributed by atoms with van der Waals surface area (Å²) >= 11 is 0. The van der Waals surface area contributed by atoms with Crippen molar-refractivity contribution in [3.8, 4) is 0 Å². The molecule has 0 bridgehead atoms. The van der Waals surface area contributed by atoms with E-state index >= 15 is 0 Å². The number of cyclic esters (lactones) is 1. The molecule has 0 aromatic carbocycles. The lowest BCUT2D eigenvalue weighted by Gasteiger charge is -2.38. The lowest BCUT2D eigenvalue weighted by Crippen LogP contribution is -2.53. The van der Waals surface area contributed by atoms with E-state index in [1.165, 1.54) is 25.0 Å². The van der Waals surface area contributed by atoms with Gasteiger partial charge in [-0.15, -0.1) is 0 Å².